The second kappa shape index (κ2) is 11.6. The summed E-state index contributed by atoms with van der Waals surface area (Å²) in [6.07, 6.45) is -7.56. The highest BCUT2D eigenvalue weighted by Gasteiger charge is 2.81. The van der Waals surface area contributed by atoms with E-state index in [1.165, 1.54) is 24.3 Å². The number of alkyl halides is 9. The van der Waals surface area contributed by atoms with E-state index in [-0.39, 0.29) is 23.3 Å². The fraction of sp³-hybridized carbons (Fsp3) is 0.636. The summed E-state index contributed by atoms with van der Waals surface area (Å²) >= 11 is 0. The van der Waals surface area contributed by atoms with Gasteiger partial charge >= 0.3 is 35.9 Å². The third-order valence-corrected chi connectivity index (χ3v) is 5.26. The summed E-state index contributed by atoms with van der Waals surface area (Å²) in [5.74, 6) is -21.3. The third kappa shape index (κ3) is 8.19. The van der Waals surface area contributed by atoms with Crippen molar-refractivity contribution in [3.05, 3.63) is 24.3 Å². The number of esters is 2. The van der Waals surface area contributed by atoms with Gasteiger partial charge in [0, 0.05) is 6.42 Å². The Balaban J connectivity index is 2.51. The second-order valence-electron chi connectivity index (χ2n) is 8.57. The van der Waals surface area contributed by atoms with Gasteiger partial charge in [-0.2, -0.15) is 39.5 Å². The lowest BCUT2D eigenvalue weighted by Crippen LogP contribution is -2.61. The summed E-state index contributed by atoms with van der Waals surface area (Å²) in [6, 6.07) is 5.21. The van der Waals surface area contributed by atoms with Crippen molar-refractivity contribution in [1.82, 2.24) is 0 Å². The Kier molecular flexibility index (Phi) is 10.1. The van der Waals surface area contributed by atoms with Crippen molar-refractivity contribution >= 4 is 11.9 Å². The molecule has 5 nitrogen and oxygen atoms in total. The number of benzene rings is 1. The molecule has 0 heterocycles. The van der Waals surface area contributed by atoms with Gasteiger partial charge in [-0.25, -0.2) is 4.79 Å². The van der Waals surface area contributed by atoms with Crippen molar-refractivity contribution in [1.29, 1.82) is 0 Å². The molecule has 0 aliphatic carbocycles. The number of hydrogen-bond donors (Lipinski definition) is 0. The molecular weight excluding hydrogens is 515 g/mol. The van der Waals surface area contributed by atoms with E-state index in [4.69, 9.17) is 9.47 Å². The number of hydrogen-bond acceptors (Lipinski definition) is 5. The first-order valence-electron chi connectivity index (χ1n) is 10.5. The van der Waals surface area contributed by atoms with Crippen molar-refractivity contribution in [3.63, 3.8) is 0 Å². The van der Waals surface area contributed by atoms with Gasteiger partial charge in [0.2, 0.25) is 0 Å². The van der Waals surface area contributed by atoms with Crippen LogP contribution in [0.4, 0.5) is 39.5 Å². The molecule has 1 aromatic rings. The summed E-state index contributed by atoms with van der Waals surface area (Å²) < 4.78 is 129. The zero-order valence-corrected chi connectivity index (χ0v) is 19.5. The fourth-order valence-corrected chi connectivity index (χ4v) is 2.45. The molecule has 0 atom stereocenters. The van der Waals surface area contributed by atoms with E-state index >= 15 is 0 Å². The van der Waals surface area contributed by atoms with E-state index in [0.29, 0.717) is 6.42 Å². The molecule has 0 aliphatic rings. The first kappa shape index (κ1) is 31.4. The molecule has 0 spiro atoms. The first-order chi connectivity index (χ1) is 16.3. The van der Waals surface area contributed by atoms with Crippen molar-refractivity contribution in [2.24, 2.45) is 5.41 Å². The highest BCUT2D eigenvalue weighted by Crippen LogP contribution is 2.53. The lowest BCUT2D eigenvalue weighted by molar-refractivity contribution is -0.397. The van der Waals surface area contributed by atoms with E-state index in [2.05, 4.69) is 4.74 Å². The van der Waals surface area contributed by atoms with E-state index in [1.54, 1.807) is 0 Å². The number of carbonyl (C=O) groups is 2. The standard InChI is InChI=1S/C22H25F9O5/c1-4-18(2,3)10-9-16(32)36-15-7-5-14(6-8-15)35-13-17(33)34-12-11-19(23,24)20(25,26)21(27,28)22(29,30)31/h5-8H,4,9-13H2,1-3H3. The van der Waals surface area contributed by atoms with Gasteiger partial charge in [-0.05, 0) is 36.1 Å². The van der Waals surface area contributed by atoms with Crippen LogP contribution >= 0.6 is 0 Å². The Hall–Kier alpha value is -2.67. The van der Waals surface area contributed by atoms with Crippen molar-refractivity contribution in [3.8, 4) is 11.5 Å². The topological polar surface area (TPSA) is 61.8 Å². The maximum absolute atomic E-state index is 13.4. The maximum atomic E-state index is 13.4. The van der Waals surface area contributed by atoms with E-state index < -0.39 is 55.5 Å². The van der Waals surface area contributed by atoms with Gasteiger partial charge in [-0.3, -0.25) is 4.79 Å². The lowest BCUT2D eigenvalue weighted by Gasteiger charge is -2.33. The van der Waals surface area contributed by atoms with Gasteiger partial charge in [-0.1, -0.05) is 27.2 Å². The number of ether oxygens (including phenoxy) is 3. The molecular formula is C22H25F9O5. The van der Waals surface area contributed by atoms with Gasteiger partial charge in [0.05, 0.1) is 13.0 Å². The molecule has 0 saturated heterocycles. The predicted molar refractivity (Wildman–Crippen MR) is 107 cm³/mol. The van der Waals surface area contributed by atoms with Gasteiger partial charge < -0.3 is 14.2 Å². The SMILES string of the molecule is CCC(C)(C)CCC(=O)Oc1ccc(OCC(=O)OCCC(F)(F)C(F)(F)C(F)(F)C(F)(F)F)cc1. The predicted octanol–water partition coefficient (Wildman–Crippen LogP) is 6.59. The van der Waals surface area contributed by atoms with Gasteiger partial charge in [-0.15, -0.1) is 0 Å². The van der Waals surface area contributed by atoms with Crippen LogP contribution in [0.25, 0.3) is 0 Å². The minimum Gasteiger partial charge on any atom is -0.482 e. The maximum Gasteiger partial charge on any atom is 0.460 e. The Morgan fingerprint density at radius 1 is 0.778 bits per heavy atom. The molecule has 0 aromatic heterocycles. The molecule has 0 aliphatic heterocycles. The summed E-state index contributed by atoms with van der Waals surface area (Å²) in [5.41, 5.74) is -0.0315. The van der Waals surface area contributed by atoms with Gasteiger partial charge in [0.15, 0.2) is 6.61 Å². The van der Waals surface area contributed by atoms with Crippen LogP contribution in [0.5, 0.6) is 11.5 Å². The van der Waals surface area contributed by atoms with Crippen LogP contribution in [0.2, 0.25) is 0 Å². The van der Waals surface area contributed by atoms with Crippen LogP contribution < -0.4 is 9.47 Å². The fourth-order valence-electron chi connectivity index (χ4n) is 2.45. The van der Waals surface area contributed by atoms with Crippen molar-refractivity contribution in [2.45, 2.75) is 70.4 Å². The molecule has 1 rings (SSSR count). The van der Waals surface area contributed by atoms with Crippen molar-refractivity contribution in [2.75, 3.05) is 13.2 Å². The molecule has 0 amide bonds. The first-order valence-corrected chi connectivity index (χ1v) is 10.5. The highest BCUT2D eigenvalue weighted by molar-refractivity contribution is 5.72. The number of rotatable bonds is 13. The summed E-state index contributed by atoms with van der Waals surface area (Å²) in [4.78, 5) is 23.4. The summed E-state index contributed by atoms with van der Waals surface area (Å²) in [7, 11) is 0. The molecule has 0 fully saturated rings. The van der Waals surface area contributed by atoms with Crippen LogP contribution in [-0.2, 0) is 14.3 Å². The van der Waals surface area contributed by atoms with Crippen LogP contribution in [0.1, 0.15) is 46.5 Å². The molecule has 0 saturated carbocycles. The van der Waals surface area contributed by atoms with Crippen LogP contribution in [-0.4, -0.2) is 49.1 Å². The van der Waals surface area contributed by atoms with E-state index in [0.717, 1.165) is 6.42 Å². The minimum atomic E-state index is -7.01. The smallest absolute Gasteiger partial charge is 0.460 e. The molecule has 0 N–H and O–H groups in total. The molecule has 0 bridgehead atoms. The van der Waals surface area contributed by atoms with Crippen LogP contribution in [0.15, 0.2) is 24.3 Å². The molecule has 0 unspecified atom stereocenters. The lowest BCUT2D eigenvalue weighted by atomic mass is 9.85. The summed E-state index contributed by atoms with van der Waals surface area (Å²) in [6.45, 7) is 3.50. The van der Waals surface area contributed by atoms with Crippen LogP contribution in [0.3, 0.4) is 0 Å². The highest BCUT2D eigenvalue weighted by atomic mass is 19.4. The largest absolute Gasteiger partial charge is 0.482 e. The quantitative estimate of drug-likeness (QED) is 0.161. The molecule has 14 heteroatoms. The average Bonchev–Trinajstić information content (AvgIpc) is 2.76. The second-order valence-corrected chi connectivity index (χ2v) is 8.57. The monoisotopic (exact) mass is 540 g/mol. The Bertz CT molecular complexity index is 881. The molecule has 0 radical (unpaired) electrons. The van der Waals surface area contributed by atoms with Gasteiger partial charge in [0.1, 0.15) is 11.5 Å². The Morgan fingerprint density at radius 3 is 1.81 bits per heavy atom. The Labute approximate surface area is 200 Å². The van der Waals surface area contributed by atoms with Gasteiger partial charge in [0.25, 0.3) is 0 Å². The minimum absolute atomic E-state index is 0.0283. The molecule has 206 valence electrons. The summed E-state index contributed by atoms with van der Waals surface area (Å²) in [5, 5.41) is 0. The third-order valence-electron chi connectivity index (χ3n) is 5.26. The number of carbonyl (C=O) groups excluding carboxylic acids is 2. The zero-order valence-electron chi connectivity index (χ0n) is 19.5. The normalized spacial score (nSPS) is 13.3. The van der Waals surface area contributed by atoms with Crippen LogP contribution in [0, 0.1) is 5.41 Å². The molecule has 36 heavy (non-hydrogen) atoms. The average molecular weight is 540 g/mol. The van der Waals surface area contributed by atoms with E-state index in [1.807, 2.05) is 20.8 Å². The molecule has 1 aromatic carbocycles. The number of halogens is 9. The zero-order chi connectivity index (χ0) is 28.0. The van der Waals surface area contributed by atoms with E-state index in [9.17, 15) is 49.1 Å². The van der Waals surface area contributed by atoms with Crippen molar-refractivity contribution < 1.29 is 63.3 Å². The Morgan fingerprint density at radius 2 is 1.31 bits per heavy atom.